The molecule has 5 heteroatoms. The van der Waals surface area contributed by atoms with E-state index in [1.165, 1.54) is 0 Å². The molecule has 0 fully saturated rings. The predicted molar refractivity (Wildman–Crippen MR) is 231 cm³/mol. The van der Waals surface area contributed by atoms with Crippen LogP contribution in [-0.4, -0.2) is 19.1 Å². The van der Waals surface area contributed by atoms with Gasteiger partial charge in [0.05, 0.1) is 44.8 Å². The van der Waals surface area contributed by atoms with E-state index in [4.69, 9.17) is 9.97 Å². The lowest BCUT2D eigenvalue weighted by molar-refractivity contribution is 1.11. The monoisotopic (exact) mass is 719 g/mol. The Morgan fingerprint density at radius 1 is 0.411 bits per heavy atom. The van der Waals surface area contributed by atoms with Gasteiger partial charge in [-0.2, -0.15) is 5.26 Å². The van der Waals surface area contributed by atoms with Gasteiger partial charge >= 0.3 is 0 Å². The van der Waals surface area contributed by atoms with Crippen LogP contribution in [0.3, 0.4) is 0 Å². The number of benzene rings is 7. The third kappa shape index (κ3) is 5.38. The van der Waals surface area contributed by atoms with Crippen LogP contribution in [0.5, 0.6) is 0 Å². The molecule has 0 spiro atoms. The fourth-order valence-corrected chi connectivity index (χ4v) is 8.29. The summed E-state index contributed by atoms with van der Waals surface area (Å²) >= 11 is 0. The molecule has 0 amide bonds. The van der Waals surface area contributed by atoms with Gasteiger partial charge in [-0.05, 0) is 92.4 Å². The van der Waals surface area contributed by atoms with Crippen LogP contribution < -0.4 is 0 Å². The summed E-state index contributed by atoms with van der Waals surface area (Å²) in [5.74, 6) is 0.639. The fraction of sp³-hybridized carbons (Fsp3) is 0.0784. The Balaban J connectivity index is 1.38. The molecule has 266 valence electrons. The van der Waals surface area contributed by atoms with Gasteiger partial charge in [0.2, 0.25) is 0 Å². The van der Waals surface area contributed by atoms with E-state index in [2.05, 4.69) is 158 Å². The molecule has 7 aromatic carbocycles. The lowest BCUT2D eigenvalue weighted by Crippen LogP contribution is -2.06. The molecule has 3 aromatic heterocycles. The molecule has 0 bridgehead atoms. The lowest BCUT2D eigenvalue weighted by Gasteiger charge is -2.19. The second-order valence-corrected chi connectivity index (χ2v) is 14.9. The third-order valence-electron chi connectivity index (χ3n) is 11.0. The van der Waals surface area contributed by atoms with Crippen molar-refractivity contribution in [3.63, 3.8) is 0 Å². The Kier molecular flexibility index (Phi) is 7.69. The Hall–Kier alpha value is -7.29. The van der Waals surface area contributed by atoms with Gasteiger partial charge in [-0.25, -0.2) is 9.97 Å². The average molecular weight is 720 g/mol. The maximum absolute atomic E-state index is 11.4. The van der Waals surface area contributed by atoms with E-state index in [-0.39, 0.29) is 0 Å². The summed E-state index contributed by atoms with van der Waals surface area (Å²) in [6, 6.07) is 56.0. The second-order valence-electron chi connectivity index (χ2n) is 14.9. The van der Waals surface area contributed by atoms with E-state index in [1.54, 1.807) is 0 Å². The molecular formula is C51H37N5. The zero-order valence-electron chi connectivity index (χ0n) is 31.7. The van der Waals surface area contributed by atoms with Crippen molar-refractivity contribution < 1.29 is 0 Å². The van der Waals surface area contributed by atoms with Gasteiger partial charge in [0.25, 0.3) is 0 Å². The van der Waals surface area contributed by atoms with E-state index in [1.807, 2.05) is 36.4 Å². The molecule has 0 atom stereocenters. The molecule has 0 aliphatic heterocycles. The molecule has 10 aromatic rings. The van der Waals surface area contributed by atoms with E-state index >= 15 is 0 Å². The highest BCUT2D eigenvalue weighted by Gasteiger charge is 2.24. The molecule has 10 rings (SSSR count). The summed E-state index contributed by atoms with van der Waals surface area (Å²) in [5.41, 5.74) is 15.4. The van der Waals surface area contributed by atoms with Gasteiger partial charge in [-0.3, -0.25) is 0 Å². The largest absolute Gasteiger partial charge is 0.308 e. The van der Waals surface area contributed by atoms with Crippen molar-refractivity contribution in [1.29, 1.82) is 5.26 Å². The number of nitriles is 1. The van der Waals surface area contributed by atoms with Crippen LogP contribution in [0.1, 0.15) is 27.8 Å². The third-order valence-corrected chi connectivity index (χ3v) is 11.0. The van der Waals surface area contributed by atoms with Crippen LogP contribution in [0.2, 0.25) is 0 Å². The smallest absolute Gasteiger partial charge is 0.160 e. The van der Waals surface area contributed by atoms with Crippen molar-refractivity contribution in [3.8, 4) is 51.3 Å². The van der Waals surface area contributed by atoms with Gasteiger partial charge in [0, 0.05) is 38.2 Å². The molecule has 0 aliphatic rings. The first-order valence-electron chi connectivity index (χ1n) is 19.0. The molecule has 5 nitrogen and oxygen atoms in total. The maximum atomic E-state index is 11.4. The van der Waals surface area contributed by atoms with Crippen LogP contribution in [0, 0.1) is 39.0 Å². The predicted octanol–water partition coefficient (Wildman–Crippen LogP) is 12.8. The average Bonchev–Trinajstić information content (AvgIpc) is 3.70. The van der Waals surface area contributed by atoms with Gasteiger partial charge in [0.1, 0.15) is 11.6 Å². The SMILES string of the molecule is Cc1ccc2c3ccc(C)cc3n(-c3cc(-c4cc(-c5ccccc5)nc(-c5ccccc5)n4)cc(-n4c5cc(C)ccc5c5ccc(C)cc54)c3C#N)c2c1. The van der Waals surface area contributed by atoms with Crippen molar-refractivity contribution in [2.45, 2.75) is 27.7 Å². The van der Waals surface area contributed by atoms with Gasteiger partial charge in [0.15, 0.2) is 5.82 Å². The number of fused-ring (bicyclic) bond motifs is 6. The summed E-state index contributed by atoms with van der Waals surface area (Å²) in [5, 5.41) is 16.0. The van der Waals surface area contributed by atoms with E-state index in [0.717, 1.165) is 105 Å². The van der Waals surface area contributed by atoms with Gasteiger partial charge < -0.3 is 9.13 Å². The minimum Gasteiger partial charge on any atom is -0.308 e. The van der Waals surface area contributed by atoms with Crippen LogP contribution in [0.25, 0.3) is 88.9 Å². The first kappa shape index (κ1) is 33.3. The quantitative estimate of drug-likeness (QED) is 0.178. The van der Waals surface area contributed by atoms with Crippen LogP contribution in [0.4, 0.5) is 0 Å². The number of aryl methyl sites for hydroxylation is 4. The highest BCUT2D eigenvalue weighted by atomic mass is 15.0. The summed E-state index contributed by atoms with van der Waals surface area (Å²) in [7, 11) is 0. The molecule has 0 saturated heterocycles. The summed E-state index contributed by atoms with van der Waals surface area (Å²) in [4.78, 5) is 10.4. The van der Waals surface area contributed by atoms with Gasteiger partial charge in [-0.1, -0.05) is 109 Å². The zero-order valence-corrected chi connectivity index (χ0v) is 31.7. The van der Waals surface area contributed by atoms with Crippen molar-refractivity contribution >= 4 is 43.6 Å². The molecule has 0 saturated carbocycles. The van der Waals surface area contributed by atoms with Crippen LogP contribution >= 0.6 is 0 Å². The number of aromatic nitrogens is 4. The second kappa shape index (κ2) is 12.9. The Bertz CT molecular complexity index is 2910. The topological polar surface area (TPSA) is 59.4 Å². The van der Waals surface area contributed by atoms with Crippen molar-refractivity contribution in [2.75, 3.05) is 0 Å². The molecule has 3 heterocycles. The van der Waals surface area contributed by atoms with Crippen molar-refractivity contribution in [2.24, 2.45) is 0 Å². The van der Waals surface area contributed by atoms with Crippen LogP contribution in [-0.2, 0) is 0 Å². The highest BCUT2D eigenvalue weighted by molar-refractivity contribution is 6.11. The molecular weight excluding hydrogens is 683 g/mol. The lowest BCUT2D eigenvalue weighted by atomic mass is 10.0. The number of hydrogen-bond acceptors (Lipinski definition) is 3. The molecule has 0 radical (unpaired) electrons. The Labute approximate surface area is 325 Å². The summed E-state index contributed by atoms with van der Waals surface area (Å²) in [6.45, 7) is 8.50. The first-order valence-corrected chi connectivity index (χ1v) is 19.0. The number of nitrogens with zero attached hydrogens (tertiary/aromatic N) is 5. The highest BCUT2D eigenvalue weighted by Crippen LogP contribution is 2.41. The molecule has 56 heavy (non-hydrogen) atoms. The van der Waals surface area contributed by atoms with Crippen molar-refractivity contribution in [1.82, 2.24) is 19.1 Å². The van der Waals surface area contributed by atoms with Crippen LogP contribution in [0.15, 0.2) is 152 Å². The minimum atomic E-state index is 0.581. The number of hydrogen-bond donors (Lipinski definition) is 0. The standard InChI is InChI=1S/C51H37N5/c1-31-15-19-38-39-20-16-32(2)24-46(39)55(45(38)23-31)49-27-37(44-29-43(35-11-7-5-8-12-35)53-51(54-44)36-13-9-6-10-14-36)28-50(42(49)30-52)56-47-25-33(3)17-21-40(47)41-22-18-34(4)26-48(41)56/h5-29H,1-4H3. The maximum Gasteiger partial charge on any atom is 0.160 e. The fourth-order valence-electron chi connectivity index (χ4n) is 8.29. The molecule has 0 N–H and O–H groups in total. The Morgan fingerprint density at radius 2 is 0.786 bits per heavy atom. The first-order chi connectivity index (χ1) is 27.3. The van der Waals surface area contributed by atoms with E-state index in [0.29, 0.717) is 11.4 Å². The van der Waals surface area contributed by atoms with E-state index in [9.17, 15) is 5.26 Å². The Morgan fingerprint density at radius 3 is 1.18 bits per heavy atom. The van der Waals surface area contributed by atoms with E-state index < -0.39 is 0 Å². The molecule has 0 aliphatic carbocycles. The zero-order chi connectivity index (χ0) is 38.1. The normalized spacial score (nSPS) is 11.6. The minimum absolute atomic E-state index is 0.581. The summed E-state index contributed by atoms with van der Waals surface area (Å²) in [6.07, 6.45) is 0. The van der Waals surface area contributed by atoms with Gasteiger partial charge in [-0.15, -0.1) is 0 Å². The van der Waals surface area contributed by atoms with Crippen molar-refractivity contribution in [3.05, 3.63) is 179 Å². The number of rotatable bonds is 5. The summed E-state index contributed by atoms with van der Waals surface area (Å²) < 4.78 is 4.58. The molecule has 0 unspecified atom stereocenters.